The van der Waals surface area contributed by atoms with E-state index in [1.165, 1.54) is 17.3 Å². The fraction of sp³-hybridized carbons (Fsp3) is 0.158. The van der Waals surface area contributed by atoms with Crippen molar-refractivity contribution < 1.29 is 4.79 Å². The van der Waals surface area contributed by atoms with Gasteiger partial charge < -0.3 is 5.32 Å². The summed E-state index contributed by atoms with van der Waals surface area (Å²) in [4.78, 5) is 16.5. The van der Waals surface area contributed by atoms with Gasteiger partial charge in [-0.25, -0.2) is 4.98 Å². The first kappa shape index (κ1) is 19.0. The average molecular weight is 398 g/mol. The van der Waals surface area contributed by atoms with Crippen molar-refractivity contribution in [1.82, 2.24) is 15.2 Å². The van der Waals surface area contributed by atoms with Crippen molar-refractivity contribution in [1.29, 1.82) is 5.26 Å². The lowest BCUT2D eigenvalue weighted by molar-refractivity contribution is -0.113. The Hall–Kier alpha value is -2.82. The minimum atomic E-state index is -0.209. The van der Waals surface area contributed by atoms with Crippen LogP contribution in [-0.2, 0) is 11.2 Å². The quantitative estimate of drug-likeness (QED) is 0.605. The number of thioether (sulfide) groups is 1. The van der Waals surface area contributed by atoms with E-state index in [-0.39, 0.29) is 11.7 Å². The van der Waals surface area contributed by atoms with Crippen LogP contribution in [0.25, 0.3) is 11.4 Å². The lowest BCUT2D eigenvalue weighted by Crippen LogP contribution is -2.14. The molecule has 0 aliphatic rings. The summed E-state index contributed by atoms with van der Waals surface area (Å²) in [6, 6.07) is 14.8. The number of nitriles is 1. The molecule has 0 atom stereocenters. The van der Waals surface area contributed by atoms with E-state index < -0.39 is 0 Å². The zero-order chi connectivity index (χ0) is 19.2. The van der Waals surface area contributed by atoms with E-state index in [4.69, 9.17) is 16.9 Å². The van der Waals surface area contributed by atoms with Crippen LogP contribution < -0.4 is 5.32 Å². The van der Waals surface area contributed by atoms with Crippen LogP contribution in [0.2, 0.25) is 5.02 Å². The molecule has 0 fully saturated rings. The highest BCUT2D eigenvalue weighted by atomic mass is 35.5. The molecule has 0 radical (unpaired) electrons. The number of carbonyl (C=O) groups is 1. The minimum absolute atomic E-state index is 0.156. The number of rotatable bonds is 6. The number of H-pyrrole nitrogens is 1. The molecule has 6 nitrogen and oxygen atoms in total. The van der Waals surface area contributed by atoms with Crippen LogP contribution in [0, 0.1) is 11.3 Å². The predicted octanol–water partition coefficient (Wildman–Crippen LogP) is 4.29. The Balaban J connectivity index is 1.57. The molecular weight excluding hydrogens is 382 g/mol. The number of benzene rings is 2. The fourth-order valence-electron chi connectivity index (χ4n) is 2.35. The van der Waals surface area contributed by atoms with Crippen LogP contribution in [0.3, 0.4) is 0 Å². The number of aryl methyl sites for hydroxylation is 1. The van der Waals surface area contributed by atoms with Gasteiger partial charge in [-0.15, -0.1) is 5.10 Å². The molecule has 0 bridgehead atoms. The molecule has 2 N–H and O–H groups in total. The Morgan fingerprint density at radius 2 is 2.07 bits per heavy atom. The highest BCUT2D eigenvalue weighted by Crippen LogP contribution is 2.22. The summed E-state index contributed by atoms with van der Waals surface area (Å²) in [5, 5.41) is 19.4. The summed E-state index contributed by atoms with van der Waals surface area (Å²) in [6.45, 7) is 2.11. The number of anilines is 1. The van der Waals surface area contributed by atoms with Crippen LogP contribution >= 0.6 is 23.4 Å². The Kier molecular flexibility index (Phi) is 6.12. The molecule has 0 spiro atoms. The summed E-state index contributed by atoms with van der Waals surface area (Å²) in [5.41, 5.74) is 3.11. The van der Waals surface area contributed by atoms with Gasteiger partial charge in [0, 0.05) is 11.3 Å². The second kappa shape index (κ2) is 8.71. The maximum atomic E-state index is 12.1. The molecule has 136 valence electrons. The SMILES string of the molecule is CCc1ccc(-c2nc(SCC(=O)Nc3ccc(C#N)c(Cl)c3)n[nH]2)cc1. The number of nitrogens with one attached hydrogen (secondary N) is 2. The monoisotopic (exact) mass is 397 g/mol. The van der Waals surface area contributed by atoms with Crippen molar-refractivity contribution in [3.63, 3.8) is 0 Å². The summed E-state index contributed by atoms with van der Waals surface area (Å²) in [6.07, 6.45) is 0.983. The third kappa shape index (κ3) is 4.88. The van der Waals surface area contributed by atoms with Crippen LogP contribution in [0.1, 0.15) is 18.1 Å². The number of hydrogen-bond acceptors (Lipinski definition) is 5. The lowest BCUT2D eigenvalue weighted by Gasteiger charge is -2.05. The van der Waals surface area contributed by atoms with Gasteiger partial charge in [0.2, 0.25) is 11.1 Å². The Morgan fingerprint density at radius 1 is 1.30 bits per heavy atom. The van der Waals surface area contributed by atoms with E-state index in [0.29, 0.717) is 27.3 Å². The number of hydrogen-bond donors (Lipinski definition) is 2. The molecule has 3 aromatic rings. The number of nitrogens with zero attached hydrogens (tertiary/aromatic N) is 3. The molecule has 1 aromatic heterocycles. The molecule has 1 amide bonds. The molecule has 1 heterocycles. The largest absolute Gasteiger partial charge is 0.325 e. The molecule has 0 saturated heterocycles. The molecule has 0 saturated carbocycles. The average Bonchev–Trinajstić information content (AvgIpc) is 3.16. The highest BCUT2D eigenvalue weighted by Gasteiger charge is 2.10. The molecule has 3 rings (SSSR count). The van der Waals surface area contributed by atoms with Crippen LogP contribution in [-0.4, -0.2) is 26.8 Å². The first-order valence-corrected chi connectivity index (χ1v) is 9.59. The minimum Gasteiger partial charge on any atom is -0.325 e. The van der Waals surface area contributed by atoms with Crippen molar-refractivity contribution in [3.8, 4) is 17.5 Å². The zero-order valence-corrected chi connectivity index (χ0v) is 16.1. The molecular formula is C19H16ClN5OS. The van der Waals surface area contributed by atoms with Crippen LogP contribution in [0.4, 0.5) is 5.69 Å². The number of aromatic nitrogens is 3. The molecule has 0 aliphatic heterocycles. The van der Waals surface area contributed by atoms with E-state index in [1.54, 1.807) is 18.2 Å². The van der Waals surface area contributed by atoms with Gasteiger partial charge in [0.25, 0.3) is 0 Å². The van der Waals surface area contributed by atoms with Crippen molar-refractivity contribution in [2.24, 2.45) is 0 Å². The van der Waals surface area contributed by atoms with E-state index in [9.17, 15) is 4.79 Å². The smallest absolute Gasteiger partial charge is 0.234 e. The van der Waals surface area contributed by atoms with Gasteiger partial charge in [-0.3, -0.25) is 9.89 Å². The summed E-state index contributed by atoms with van der Waals surface area (Å²) in [7, 11) is 0. The summed E-state index contributed by atoms with van der Waals surface area (Å²) < 4.78 is 0. The fourth-order valence-corrected chi connectivity index (χ4v) is 3.17. The lowest BCUT2D eigenvalue weighted by atomic mass is 10.1. The first-order valence-electron chi connectivity index (χ1n) is 8.23. The highest BCUT2D eigenvalue weighted by molar-refractivity contribution is 7.99. The van der Waals surface area contributed by atoms with Crippen LogP contribution in [0.15, 0.2) is 47.6 Å². The normalized spacial score (nSPS) is 10.4. The predicted molar refractivity (Wildman–Crippen MR) is 107 cm³/mol. The molecule has 0 aliphatic carbocycles. The third-order valence-electron chi connectivity index (χ3n) is 3.81. The van der Waals surface area contributed by atoms with Crippen molar-refractivity contribution in [2.75, 3.05) is 11.1 Å². The van der Waals surface area contributed by atoms with Gasteiger partial charge in [0.1, 0.15) is 6.07 Å². The molecule has 2 aromatic carbocycles. The van der Waals surface area contributed by atoms with Crippen molar-refractivity contribution in [2.45, 2.75) is 18.5 Å². The van der Waals surface area contributed by atoms with Gasteiger partial charge in [0.05, 0.1) is 16.3 Å². The van der Waals surface area contributed by atoms with Gasteiger partial charge >= 0.3 is 0 Å². The van der Waals surface area contributed by atoms with Gasteiger partial charge in [-0.05, 0) is 30.2 Å². The summed E-state index contributed by atoms with van der Waals surface area (Å²) in [5.74, 6) is 0.614. The van der Waals surface area contributed by atoms with E-state index in [0.717, 1.165) is 12.0 Å². The maximum Gasteiger partial charge on any atom is 0.234 e. The molecule has 8 heteroatoms. The number of halogens is 1. The second-order valence-corrected chi connectivity index (χ2v) is 7.01. The number of aromatic amines is 1. The van der Waals surface area contributed by atoms with Crippen molar-refractivity contribution in [3.05, 3.63) is 58.6 Å². The van der Waals surface area contributed by atoms with Crippen molar-refractivity contribution >= 4 is 35.0 Å². The second-order valence-electron chi connectivity index (χ2n) is 5.66. The topological polar surface area (TPSA) is 94.5 Å². The first-order chi connectivity index (χ1) is 13.1. The number of amides is 1. The standard InChI is InChI=1S/C19H16ClN5OS/c1-2-12-3-5-13(6-4-12)18-23-19(25-24-18)27-11-17(26)22-15-8-7-14(10-21)16(20)9-15/h3-9H,2,11H2,1H3,(H,22,26)(H,23,24,25). The Morgan fingerprint density at radius 3 is 2.74 bits per heavy atom. The van der Waals surface area contributed by atoms with E-state index in [2.05, 4.69) is 39.6 Å². The van der Waals surface area contributed by atoms with Gasteiger partial charge in [-0.2, -0.15) is 5.26 Å². The van der Waals surface area contributed by atoms with Gasteiger partial charge in [-0.1, -0.05) is 54.6 Å². The van der Waals surface area contributed by atoms with E-state index in [1.807, 2.05) is 18.2 Å². The Bertz CT molecular complexity index is 994. The van der Waals surface area contributed by atoms with E-state index >= 15 is 0 Å². The van der Waals surface area contributed by atoms with Crippen LogP contribution in [0.5, 0.6) is 0 Å². The molecule has 0 unspecified atom stereocenters. The van der Waals surface area contributed by atoms with Gasteiger partial charge in [0.15, 0.2) is 5.82 Å². The third-order valence-corrected chi connectivity index (χ3v) is 4.97. The number of carbonyl (C=O) groups excluding carboxylic acids is 1. The molecule has 27 heavy (non-hydrogen) atoms. The zero-order valence-electron chi connectivity index (χ0n) is 14.5. The summed E-state index contributed by atoms with van der Waals surface area (Å²) >= 11 is 7.19. The maximum absolute atomic E-state index is 12.1. The Labute approximate surface area is 166 Å².